The molecule has 1 aliphatic carbocycles. The van der Waals surface area contributed by atoms with Crippen LogP contribution in [0.3, 0.4) is 0 Å². The number of hydrogen-bond acceptors (Lipinski definition) is 3. The fourth-order valence-electron chi connectivity index (χ4n) is 2.94. The third-order valence-corrected chi connectivity index (χ3v) is 5.69. The Balaban J connectivity index is 1.97. The number of hydrogen-bond donors (Lipinski definition) is 2. The third-order valence-electron chi connectivity index (χ3n) is 4.08. The van der Waals surface area contributed by atoms with Gasteiger partial charge in [-0.3, -0.25) is 0 Å². The van der Waals surface area contributed by atoms with Gasteiger partial charge in [0.25, 0.3) is 10.2 Å². The maximum atomic E-state index is 12.3. The van der Waals surface area contributed by atoms with Gasteiger partial charge in [-0.15, -0.1) is 0 Å². The van der Waals surface area contributed by atoms with Crippen LogP contribution in [0.5, 0.6) is 0 Å². The van der Waals surface area contributed by atoms with E-state index < -0.39 is 10.2 Å². The average Bonchev–Trinajstić information content (AvgIpc) is 2.32. The van der Waals surface area contributed by atoms with Gasteiger partial charge in [-0.1, -0.05) is 19.8 Å². The van der Waals surface area contributed by atoms with Crippen molar-refractivity contribution in [2.45, 2.75) is 57.5 Å². The predicted octanol–water partition coefficient (Wildman–Crippen LogP) is 0.823. The second-order valence-corrected chi connectivity index (χ2v) is 7.49. The minimum Gasteiger partial charge on any atom is -0.326 e. The summed E-state index contributed by atoms with van der Waals surface area (Å²) >= 11 is 0. The lowest BCUT2D eigenvalue weighted by Crippen LogP contribution is -2.54. The fourth-order valence-corrected chi connectivity index (χ4v) is 4.58. The second kappa shape index (κ2) is 5.86. The summed E-state index contributed by atoms with van der Waals surface area (Å²) in [6.45, 7) is 3.38. The first kappa shape index (κ1) is 14.2. The van der Waals surface area contributed by atoms with Crippen molar-refractivity contribution in [3.05, 3.63) is 0 Å². The smallest absolute Gasteiger partial charge is 0.279 e. The van der Waals surface area contributed by atoms with Gasteiger partial charge in [0.1, 0.15) is 0 Å². The molecule has 1 heterocycles. The van der Waals surface area contributed by atoms with E-state index in [0.717, 1.165) is 38.5 Å². The zero-order chi connectivity index (χ0) is 13.2. The Morgan fingerprint density at radius 1 is 1.17 bits per heavy atom. The quantitative estimate of drug-likeness (QED) is 0.801. The number of nitrogens with two attached hydrogens (primary N) is 1. The highest BCUT2D eigenvalue weighted by Crippen LogP contribution is 2.21. The molecule has 1 saturated heterocycles. The molecule has 6 heteroatoms. The summed E-state index contributed by atoms with van der Waals surface area (Å²) in [5.41, 5.74) is 6.00. The van der Waals surface area contributed by atoms with Crippen LogP contribution in [0.15, 0.2) is 0 Å². The number of rotatable bonds is 3. The van der Waals surface area contributed by atoms with Crippen molar-refractivity contribution >= 4 is 10.2 Å². The highest BCUT2D eigenvalue weighted by atomic mass is 32.2. The van der Waals surface area contributed by atoms with E-state index in [9.17, 15) is 8.42 Å². The molecule has 0 spiro atoms. The molecule has 0 bridgehead atoms. The van der Waals surface area contributed by atoms with Gasteiger partial charge in [0, 0.05) is 25.2 Å². The van der Waals surface area contributed by atoms with E-state index >= 15 is 0 Å². The normalized spacial score (nSPS) is 35.6. The maximum absolute atomic E-state index is 12.3. The second-order valence-electron chi connectivity index (χ2n) is 5.78. The van der Waals surface area contributed by atoms with Crippen molar-refractivity contribution in [2.75, 3.05) is 13.1 Å². The molecule has 0 aromatic rings. The molecule has 0 amide bonds. The number of piperidine rings is 1. The van der Waals surface area contributed by atoms with Crippen LogP contribution >= 0.6 is 0 Å². The highest BCUT2D eigenvalue weighted by molar-refractivity contribution is 7.87. The van der Waals surface area contributed by atoms with Gasteiger partial charge in [-0.25, -0.2) is 0 Å². The lowest BCUT2D eigenvalue weighted by molar-refractivity contribution is 0.271. The molecular weight excluding hydrogens is 250 g/mol. The minimum atomic E-state index is -3.35. The van der Waals surface area contributed by atoms with Crippen LogP contribution in [0.4, 0.5) is 0 Å². The van der Waals surface area contributed by atoms with Gasteiger partial charge in [0.2, 0.25) is 0 Å². The van der Waals surface area contributed by atoms with Crippen LogP contribution in [0.2, 0.25) is 0 Å². The fraction of sp³-hybridized carbons (Fsp3) is 1.00. The van der Waals surface area contributed by atoms with E-state index in [-0.39, 0.29) is 12.1 Å². The molecule has 1 aliphatic heterocycles. The molecule has 2 fully saturated rings. The molecule has 0 radical (unpaired) electrons. The van der Waals surface area contributed by atoms with Crippen LogP contribution in [-0.4, -0.2) is 37.9 Å². The Morgan fingerprint density at radius 2 is 1.89 bits per heavy atom. The molecule has 1 unspecified atom stereocenters. The molecule has 5 nitrogen and oxygen atoms in total. The molecule has 3 atom stereocenters. The molecule has 0 aromatic heterocycles. The number of nitrogens with zero attached hydrogens (tertiary/aromatic N) is 1. The van der Waals surface area contributed by atoms with Crippen molar-refractivity contribution in [1.82, 2.24) is 9.03 Å². The minimum absolute atomic E-state index is 0.0317. The lowest BCUT2D eigenvalue weighted by atomic mass is 9.92. The first-order chi connectivity index (χ1) is 8.49. The van der Waals surface area contributed by atoms with Crippen LogP contribution in [0, 0.1) is 5.92 Å². The monoisotopic (exact) mass is 275 g/mol. The molecule has 2 aliphatic rings. The summed E-state index contributed by atoms with van der Waals surface area (Å²) in [5, 5.41) is 0. The van der Waals surface area contributed by atoms with Crippen molar-refractivity contribution in [3.8, 4) is 0 Å². The standard InChI is InChI=1S/C12H25N3O2S/c1-10-5-4-8-15(9-10)18(16,17)14-12-7-3-2-6-11(12)13/h10-12,14H,2-9,13H2,1H3/t10?,11-,12-/m1/s1. The van der Waals surface area contributed by atoms with Crippen molar-refractivity contribution in [3.63, 3.8) is 0 Å². The van der Waals surface area contributed by atoms with E-state index in [2.05, 4.69) is 11.6 Å². The van der Waals surface area contributed by atoms with E-state index in [1.54, 1.807) is 4.31 Å². The Hall–Kier alpha value is -0.170. The van der Waals surface area contributed by atoms with Gasteiger partial charge in [0.05, 0.1) is 0 Å². The summed E-state index contributed by atoms with van der Waals surface area (Å²) in [6, 6.07) is -0.114. The summed E-state index contributed by atoms with van der Waals surface area (Å²) in [4.78, 5) is 0. The lowest BCUT2D eigenvalue weighted by Gasteiger charge is -2.34. The summed E-state index contributed by atoms with van der Waals surface area (Å²) < 4.78 is 29.0. The van der Waals surface area contributed by atoms with Gasteiger partial charge >= 0.3 is 0 Å². The zero-order valence-electron chi connectivity index (χ0n) is 11.1. The zero-order valence-corrected chi connectivity index (χ0v) is 12.0. The maximum Gasteiger partial charge on any atom is 0.279 e. The van der Waals surface area contributed by atoms with Crippen LogP contribution in [-0.2, 0) is 10.2 Å². The molecule has 0 aromatic carbocycles. The Labute approximate surface area is 110 Å². The van der Waals surface area contributed by atoms with Gasteiger partial charge in [0.15, 0.2) is 0 Å². The van der Waals surface area contributed by atoms with Crippen LogP contribution < -0.4 is 10.5 Å². The first-order valence-corrected chi connectivity index (χ1v) is 8.46. The van der Waals surface area contributed by atoms with Crippen LogP contribution in [0.1, 0.15) is 45.4 Å². The van der Waals surface area contributed by atoms with E-state index in [1.165, 1.54) is 0 Å². The third kappa shape index (κ3) is 3.44. The molecule has 106 valence electrons. The van der Waals surface area contributed by atoms with Gasteiger partial charge in [-0.2, -0.15) is 17.4 Å². The summed E-state index contributed by atoms with van der Waals surface area (Å²) in [7, 11) is -3.35. The Bertz CT molecular complexity index is 372. The predicted molar refractivity (Wildman–Crippen MR) is 72.3 cm³/mol. The summed E-state index contributed by atoms with van der Waals surface area (Å²) in [6.07, 6.45) is 6.04. The molecule has 2 rings (SSSR count). The SMILES string of the molecule is CC1CCCN(S(=O)(=O)N[C@@H]2CCCC[C@H]2N)C1. The highest BCUT2D eigenvalue weighted by Gasteiger charge is 2.31. The van der Waals surface area contributed by atoms with Crippen molar-refractivity contribution in [2.24, 2.45) is 11.7 Å². The van der Waals surface area contributed by atoms with E-state index in [0.29, 0.717) is 19.0 Å². The van der Waals surface area contributed by atoms with E-state index in [1.807, 2.05) is 0 Å². The molecule has 1 saturated carbocycles. The Morgan fingerprint density at radius 3 is 2.56 bits per heavy atom. The van der Waals surface area contributed by atoms with Crippen LogP contribution in [0.25, 0.3) is 0 Å². The molecule has 18 heavy (non-hydrogen) atoms. The average molecular weight is 275 g/mol. The van der Waals surface area contributed by atoms with Crippen molar-refractivity contribution in [1.29, 1.82) is 0 Å². The summed E-state index contributed by atoms with van der Waals surface area (Å²) in [5.74, 6) is 0.454. The number of nitrogens with one attached hydrogen (secondary N) is 1. The van der Waals surface area contributed by atoms with E-state index in [4.69, 9.17) is 5.73 Å². The largest absolute Gasteiger partial charge is 0.326 e. The molecular formula is C12H25N3O2S. The molecule has 3 N–H and O–H groups in total. The topological polar surface area (TPSA) is 75.4 Å². The van der Waals surface area contributed by atoms with Crippen molar-refractivity contribution < 1.29 is 8.42 Å². The first-order valence-electron chi connectivity index (χ1n) is 7.02. The Kier molecular flexibility index (Phi) is 4.64. The van der Waals surface area contributed by atoms with Gasteiger partial charge in [-0.05, 0) is 31.6 Å². The van der Waals surface area contributed by atoms with Gasteiger partial charge < -0.3 is 5.73 Å².